The van der Waals surface area contributed by atoms with Crippen molar-refractivity contribution >= 4 is 23.8 Å². The normalized spacial score (nSPS) is 25.4. The van der Waals surface area contributed by atoms with E-state index in [-0.39, 0.29) is 5.92 Å². The molecule has 0 spiro atoms. The summed E-state index contributed by atoms with van der Waals surface area (Å²) in [6.07, 6.45) is -1.45. The van der Waals surface area contributed by atoms with Gasteiger partial charge in [-0.2, -0.15) is 13.2 Å². The summed E-state index contributed by atoms with van der Waals surface area (Å²) >= 11 is 0. The highest BCUT2D eigenvalue weighted by Crippen LogP contribution is 2.31. The third-order valence-corrected chi connectivity index (χ3v) is 4.27. The molecule has 1 aliphatic heterocycles. The topological polar surface area (TPSA) is 86.8 Å². The van der Waals surface area contributed by atoms with E-state index in [4.69, 9.17) is 0 Å². The highest BCUT2D eigenvalue weighted by atomic mass is 19.4. The number of carbonyl (C=O) groups excluding carboxylic acids is 4. The molecule has 7 nitrogen and oxygen atoms in total. The van der Waals surface area contributed by atoms with E-state index in [0.717, 1.165) is 24.2 Å². The molecule has 1 N–H and O–H groups in total. The quantitative estimate of drug-likeness (QED) is 0.607. The van der Waals surface area contributed by atoms with E-state index in [9.17, 15) is 32.3 Å². The first-order chi connectivity index (χ1) is 11.1. The standard InChI is InChI=1S/C14H18F3N3O4/c1-8-4-2-3-5-9(8)20-12(23)11(22)19(13(20)24)6-10(21)18-7-14(15,16)17/h8-9H,2-7H2,1H3,(H,18,21)/t8-,9-/m1/s1. The number of alkyl halides is 3. The number of carbonyl (C=O) groups is 4. The van der Waals surface area contributed by atoms with Gasteiger partial charge in [0.1, 0.15) is 13.1 Å². The van der Waals surface area contributed by atoms with Gasteiger partial charge in [0, 0.05) is 6.04 Å². The minimum absolute atomic E-state index is 0.0263. The zero-order valence-electron chi connectivity index (χ0n) is 13.1. The summed E-state index contributed by atoms with van der Waals surface area (Å²) in [5.74, 6) is -3.33. The summed E-state index contributed by atoms with van der Waals surface area (Å²) in [5.41, 5.74) is 0. The molecule has 24 heavy (non-hydrogen) atoms. The number of nitrogens with zero attached hydrogens (tertiary/aromatic N) is 2. The van der Waals surface area contributed by atoms with E-state index in [1.807, 2.05) is 6.92 Å². The van der Waals surface area contributed by atoms with Crippen molar-refractivity contribution in [2.24, 2.45) is 5.92 Å². The fourth-order valence-corrected chi connectivity index (χ4v) is 3.03. The third kappa shape index (κ3) is 3.85. The van der Waals surface area contributed by atoms with Crippen molar-refractivity contribution in [3.8, 4) is 0 Å². The summed E-state index contributed by atoms with van der Waals surface area (Å²) < 4.78 is 36.2. The lowest BCUT2D eigenvalue weighted by molar-refractivity contribution is -0.146. The van der Waals surface area contributed by atoms with Crippen molar-refractivity contribution in [3.63, 3.8) is 0 Å². The van der Waals surface area contributed by atoms with E-state index in [1.165, 1.54) is 0 Å². The van der Waals surface area contributed by atoms with Crippen molar-refractivity contribution < 1.29 is 32.3 Å². The van der Waals surface area contributed by atoms with Crippen LogP contribution in [0, 0.1) is 5.92 Å². The molecule has 134 valence electrons. The van der Waals surface area contributed by atoms with Crippen molar-refractivity contribution in [3.05, 3.63) is 0 Å². The molecule has 5 amide bonds. The van der Waals surface area contributed by atoms with Gasteiger partial charge >= 0.3 is 24.0 Å². The maximum Gasteiger partial charge on any atom is 0.405 e. The molecule has 1 heterocycles. The minimum Gasteiger partial charge on any atom is -0.345 e. The monoisotopic (exact) mass is 349 g/mol. The largest absolute Gasteiger partial charge is 0.405 e. The molecule has 2 atom stereocenters. The average molecular weight is 349 g/mol. The number of hydrogen-bond acceptors (Lipinski definition) is 4. The van der Waals surface area contributed by atoms with Crippen LogP contribution in [-0.2, 0) is 14.4 Å². The number of nitrogens with one attached hydrogen (secondary N) is 1. The summed E-state index contributed by atoms with van der Waals surface area (Å²) in [6, 6.07) is -1.36. The average Bonchev–Trinajstić information content (AvgIpc) is 2.69. The van der Waals surface area contributed by atoms with E-state index in [1.54, 1.807) is 5.32 Å². The second-order valence-corrected chi connectivity index (χ2v) is 6.07. The smallest absolute Gasteiger partial charge is 0.345 e. The summed E-state index contributed by atoms with van der Waals surface area (Å²) in [7, 11) is 0. The molecule has 2 aliphatic rings. The predicted molar refractivity (Wildman–Crippen MR) is 74.4 cm³/mol. The number of rotatable bonds is 4. The van der Waals surface area contributed by atoms with Gasteiger partial charge in [-0.25, -0.2) is 9.69 Å². The Morgan fingerprint density at radius 2 is 1.79 bits per heavy atom. The Kier molecular flexibility index (Phi) is 5.14. The van der Waals surface area contributed by atoms with Gasteiger partial charge in [-0.3, -0.25) is 19.3 Å². The Bertz CT molecular complexity index is 564. The Morgan fingerprint density at radius 1 is 1.17 bits per heavy atom. The Morgan fingerprint density at radius 3 is 2.38 bits per heavy atom. The molecule has 0 aromatic rings. The lowest BCUT2D eigenvalue weighted by atomic mass is 9.85. The second-order valence-electron chi connectivity index (χ2n) is 6.07. The number of halogens is 3. The van der Waals surface area contributed by atoms with Gasteiger partial charge in [-0.1, -0.05) is 19.8 Å². The van der Waals surface area contributed by atoms with Gasteiger partial charge in [0.2, 0.25) is 5.91 Å². The van der Waals surface area contributed by atoms with Gasteiger partial charge in [-0.15, -0.1) is 0 Å². The van der Waals surface area contributed by atoms with Gasteiger partial charge in [0.25, 0.3) is 0 Å². The molecule has 10 heteroatoms. The summed E-state index contributed by atoms with van der Waals surface area (Å²) in [5, 5.41) is 1.57. The number of imide groups is 2. The molecule has 1 saturated carbocycles. The van der Waals surface area contributed by atoms with Crippen LogP contribution in [0.25, 0.3) is 0 Å². The second kappa shape index (κ2) is 6.78. The van der Waals surface area contributed by atoms with E-state index < -0.39 is 49.1 Å². The summed E-state index contributed by atoms with van der Waals surface area (Å²) in [6.45, 7) is -0.607. The van der Waals surface area contributed by atoms with Crippen LogP contribution in [0.4, 0.5) is 18.0 Å². The minimum atomic E-state index is -4.60. The van der Waals surface area contributed by atoms with Crippen LogP contribution in [0.3, 0.4) is 0 Å². The highest BCUT2D eigenvalue weighted by molar-refractivity contribution is 6.45. The first-order valence-corrected chi connectivity index (χ1v) is 7.64. The van der Waals surface area contributed by atoms with Crippen LogP contribution < -0.4 is 5.32 Å². The van der Waals surface area contributed by atoms with Crippen molar-refractivity contribution in [2.75, 3.05) is 13.1 Å². The molecule has 1 aliphatic carbocycles. The van der Waals surface area contributed by atoms with Crippen LogP contribution in [0.5, 0.6) is 0 Å². The molecular formula is C14H18F3N3O4. The van der Waals surface area contributed by atoms with Crippen LogP contribution in [0.2, 0.25) is 0 Å². The number of urea groups is 1. The molecular weight excluding hydrogens is 331 g/mol. The zero-order chi connectivity index (χ0) is 18.1. The van der Waals surface area contributed by atoms with Crippen LogP contribution in [0.1, 0.15) is 32.6 Å². The molecule has 0 radical (unpaired) electrons. The Balaban J connectivity index is 2.04. The number of amides is 5. The maximum atomic E-state index is 12.3. The molecule has 2 rings (SSSR count). The highest BCUT2D eigenvalue weighted by Gasteiger charge is 2.49. The first kappa shape index (κ1) is 18.2. The first-order valence-electron chi connectivity index (χ1n) is 7.64. The molecule has 1 saturated heterocycles. The lowest BCUT2D eigenvalue weighted by Crippen LogP contribution is -2.47. The van der Waals surface area contributed by atoms with Crippen LogP contribution in [-0.4, -0.2) is 58.9 Å². The van der Waals surface area contributed by atoms with E-state index in [0.29, 0.717) is 11.3 Å². The van der Waals surface area contributed by atoms with Crippen molar-refractivity contribution in [1.82, 2.24) is 15.1 Å². The van der Waals surface area contributed by atoms with E-state index in [2.05, 4.69) is 0 Å². The third-order valence-electron chi connectivity index (χ3n) is 4.27. The predicted octanol–water partition coefficient (Wildman–Crippen LogP) is 1.03. The fourth-order valence-electron chi connectivity index (χ4n) is 3.03. The lowest BCUT2D eigenvalue weighted by Gasteiger charge is -2.34. The SMILES string of the molecule is C[C@@H]1CCCC[C@H]1N1C(=O)C(=O)N(CC(=O)NCC(F)(F)F)C1=O. The molecule has 0 bridgehead atoms. The van der Waals surface area contributed by atoms with E-state index >= 15 is 0 Å². The maximum absolute atomic E-state index is 12.3. The van der Waals surface area contributed by atoms with Gasteiger partial charge in [0.05, 0.1) is 0 Å². The molecule has 0 aromatic carbocycles. The fraction of sp³-hybridized carbons (Fsp3) is 0.714. The van der Waals surface area contributed by atoms with Gasteiger partial charge < -0.3 is 5.32 Å². The van der Waals surface area contributed by atoms with Gasteiger partial charge in [0.15, 0.2) is 0 Å². The molecule has 0 aromatic heterocycles. The van der Waals surface area contributed by atoms with Crippen LogP contribution in [0.15, 0.2) is 0 Å². The molecule has 0 unspecified atom stereocenters. The van der Waals surface area contributed by atoms with Gasteiger partial charge in [-0.05, 0) is 18.8 Å². The Labute approximate surface area is 136 Å². The van der Waals surface area contributed by atoms with Crippen molar-refractivity contribution in [1.29, 1.82) is 0 Å². The molecule has 2 fully saturated rings. The summed E-state index contributed by atoms with van der Waals surface area (Å²) in [4.78, 5) is 49.1. The zero-order valence-corrected chi connectivity index (χ0v) is 13.1. The van der Waals surface area contributed by atoms with Crippen LogP contribution >= 0.6 is 0 Å². The number of hydrogen-bond donors (Lipinski definition) is 1. The van der Waals surface area contributed by atoms with Crippen molar-refractivity contribution in [2.45, 2.75) is 44.8 Å². The Hall–Kier alpha value is -2.13.